The van der Waals surface area contributed by atoms with Crippen molar-refractivity contribution in [2.75, 3.05) is 6.54 Å². The van der Waals surface area contributed by atoms with E-state index >= 15 is 0 Å². The predicted molar refractivity (Wildman–Crippen MR) is 102 cm³/mol. The van der Waals surface area contributed by atoms with Crippen LogP contribution in [0, 0.1) is 0 Å². The lowest BCUT2D eigenvalue weighted by atomic mass is 10.1. The van der Waals surface area contributed by atoms with E-state index in [9.17, 15) is 9.59 Å². The van der Waals surface area contributed by atoms with Crippen molar-refractivity contribution in [3.8, 4) is 0 Å². The Morgan fingerprint density at radius 3 is 2.88 bits per heavy atom. The first-order chi connectivity index (χ1) is 12.7. The molecule has 132 valence electrons. The molecule has 0 unspecified atom stereocenters. The van der Waals surface area contributed by atoms with Crippen molar-refractivity contribution < 1.29 is 14.3 Å². The van der Waals surface area contributed by atoms with Crippen LogP contribution in [0.5, 0.6) is 0 Å². The van der Waals surface area contributed by atoms with Crippen molar-refractivity contribution in [2.24, 2.45) is 0 Å². The van der Waals surface area contributed by atoms with Gasteiger partial charge in [-0.25, -0.2) is 4.79 Å². The summed E-state index contributed by atoms with van der Waals surface area (Å²) in [5.74, 6) is -0.155. The lowest BCUT2D eigenvalue weighted by Crippen LogP contribution is -2.23. The Hall–Kier alpha value is -2.66. The second-order valence-corrected chi connectivity index (χ2v) is 7.36. The maximum absolute atomic E-state index is 12.4. The fourth-order valence-corrected chi connectivity index (χ4v) is 4.21. The van der Waals surface area contributed by atoms with Crippen LogP contribution < -0.4 is 0 Å². The number of thiophene rings is 1. The highest BCUT2D eigenvalue weighted by atomic mass is 32.1. The summed E-state index contributed by atoms with van der Waals surface area (Å²) in [6.07, 6.45) is 1.53. The van der Waals surface area contributed by atoms with E-state index in [1.165, 1.54) is 4.70 Å². The first kappa shape index (κ1) is 16.8. The van der Waals surface area contributed by atoms with Crippen LogP contribution in [0.15, 0.2) is 53.9 Å². The van der Waals surface area contributed by atoms with Crippen LogP contribution in [0.1, 0.15) is 34.3 Å². The van der Waals surface area contributed by atoms with Gasteiger partial charge in [0.1, 0.15) is 6.61 Å². The molecule has 0 saturated carbocycles. The monoisotopic (exact) mass is 365 g/mol. The zero-order valence-corrected chi connectivity index (χ0v) is 15.1. The number of fused-ring (bicyclic) bond motifs is 1. The topological polar surface area (TPSA) is 46.6 Å². The van der Waals surface area contributed by atoms with Gasteiger partial charge in [-0.15, -0.1) is 11.3 Å². The maximum Gasteiger partial charge on any atom is 0.338 e. The van der Waals surface area contributed by atoms with E-state index < -0.39 is 0 Å². The molecule has 0 radical (unpaired) electrons. The van der Waals surface area contributed by atoms with E-state index in [4.69, 9.17) is 4.74 Å². The van der Waals surface area contributed by atoms with Gasteiger partial charge in [0.05, 0.1) is 5.56 Å². The lowest BCUT2D eigenvalue weighted by molar-refractivity contribution is -0.128. The van der Waals surface area contributed by atoms with Gasteiger partial charge in [-0.3, -0.25) is 4.79 Å². The molecule has 1 saturated heterocycles. The van der Waals surface area contributed by atoms with E-state index in [0.717, 1.165) is 29.5 Å². The molecule has 1 aliphatic rings. The van der Waals surface area contributed by atoms with Crippen molar-refractivity contribution in [1.82, 2.24) is 4.90 Å². The summed E-state index contributed by atoms with van der Waals surface area (Å²) in [6, 6.07) is 15.5. The largest absolute Gasteiger partial charge is 0.457 e. The average molecular weight is 365 g/mol. The molecule has 0 bridgehead atoms. The summed E-state index contributed by atoms with van der Waals surface area (Å²) in [4.78, 5) is 26.0. The Morgan fingerprint density at radius 2 is 2.04 bits per heavy atom. The van der Waals surface area contributed by atoms with Crippen LogP contribution in [0.25, 0.3) is 10.1 Å². The zero-order chi connectivity index (χ0) is 17.9. The molecule has 4 rings (SSSR count). The molecule has 0 N–H and O–H groups in total. The SMILES string of the molecule is O=C(OCc1csc2ccccc12)c1cccc(CN2CCCC2=O)c1. The fourth-order valence-electron chi connectivity index (χ4n) is 3.26. The summed E-state index contributed by atoms with van der Waals surface area (Å²) in [5.41, 5.74) is 2.50. The van der Waals surface area contributed by atoms with Gasteiger partial charge >= 0.3 is 5.97 Å². The third kappa shape index (κ3) is 3.48. The Labute approximate surface area is 156 Å². The Morgan fingerprint density at radius 1 is 1.15 bits per heavy atom. The first-order valence-corrected chi connectivity index (χ1v) is 9.57. The molecule has 4 nitrogen and oxygen atoms in total. The van der Waals surface area contributed by atoms with Crippen LogP contribution in [0.3, 0.4) is 0 Å². The minimum atomic E-state index is -0.338. The highest BCUT2D eigenvalue weighted by Crippen LogP contribution is 2.26. The van der Waals surface area contributed by atoms with Gasteiger partial charge in [0.2, 0.25) is 5.91 Å². The summed E-state index contributed by atoms with van der Waals surface area (Å²) in [5, 5.41) is 3.17. The number of likely N-dealkylation sites (tertiary alicyclic amines) is 1. The standard InChI is InChI=1S/C21H19NO3S/c23-20-9-4-10-22(20)12-15-5-3-6-16(11-15)21(24)25-13-17-14-26-19-8-2-1-7-18(17)19/h1-3,5-8,11,14H,4,9-10,12-13H2. The molecule has 5 heteroatoms. The van der Waals surface area contributed by atoms with Crippen molar-refractivity contribution in [1.29, 1.82) is 0 Å². The highest BCUT2D eigenvalue weighted by molar-refractivity contribution is 7.17. The molecule has 1 aromatic heterocycles. The maximum atomic E-state index is 12.4. The van der Waals surface area contributed by atoms with E-state index in [2.05, 4.69) is 6.07 Å². The minimum absolute atomic E-state index is 0.183. The average Bonchev–Trinajstić information content (AvgIpc) is 3.26. The first-order valence-electron chi connectivity index (χ1n) is 8.69. The number of hydrogen-bond acceptors (Lipinski definition) is 4. The third-order valence-electron chi connectivity index (χ3n) is 4.63. The van der Waals surface area contributed by atoms with E-state index in [1.807, 2.05) is 46.7 Å². The number of hydrogen-bond donors (Lipinski definition) is 0. The van der Waals surface area contributed by atoms with Crippen LogP contribution in [-0.2, 0) is 22.7 Å². The number of carbonyl (C=O) groups excluding carboxylic acids is 2. The van der Waals surface area contributed by atoms with Crippen LogP contribution in [0.4, 0.5) is 0 Å². The highest BCUT2D eigenvalue weighted by Gasteiger charge is 2.20. The fraction of sp³-hybridized carbons (Fsp3) is 0.238. The number of carbonyl (C=O) groups is 2. The normalized spacial score (nSPS) is 14.2. The third-order valence-corrected chi connectivity index (χ3v) is 5.64. The number of benzene rings is 2. The molecule has 0 atom stereocenters. The molecule has 1 aliphatic heterocycles. The molecule has 1 amide bonds. The van der Waals surface area contributed by atoms with Gasteiger partial charge in [-0.05, 0) is 40.9 Å². The number of nitrogens with zero attached hydrogens (tertiary/aromatic N) is 1. The van der Waals surface area contributed by atoms with Gasteiger partial charge in [-0.1, -0.05) is 30.3 Å². The van der Waals surface area contributed by atoms with Gasteiger partial charge in [0.15, 0.2) is 0 Å². The number of amides is 1. The van der Waals surface area contributed by atoms with Gasteiger partial charge in [0.25, 0.3) is 0 Å². The van der Waals surface area contributed by atoms with Gasteiger partial charge < -0.3 is 9.64 Å². The van der Waals surface area contributed by atoms with Crippen molar-refractivity contribution >= 4 is 33.3 Å². The summed E-state index contributed by atoms with van der Waals surface area (Å²) < 4.78 is 6.70. The number of ether oxygens (including phenoxy) is 1. The van der Waals surface area contributed by atoms with Crippen molar-refractivity contribution in [3.05, 3.63) is 70.6 Å². The van der Waals surface area contributed by atoms with Crippen molar-refractivity contribution in [2.45, 2.75) is 26.0 Å². The molecule has 2 heterocycles. The molecule has 26 heavy (non-hydrogen) atoms. The van der Waals surface area contributed by atoms with E-state index in [-0.39, 0.29) is 18.5 Å². The Balaban J connectivity index is 1.43. The summed E-state index contributed by atoms with van der Waals surface area (Å²) in [7, 11) is 0. The Bertz CT molecular complexity index is 963. The van der Waals surface area contributed by atoms with Crippen LogP contribution in [0.2, 0.25) is 0 Å². The second-order valence-electron chi connectivity index (χ2n) is 6.45. The molecular weight excluding hydrogens is 346 g/mol. The van der Waals surface area contributed by atoms with Gasteiger partial charge in [-0.2, -0.15) is 0 Å². The molecule has 0 spiro atoms. The van der Waals surface area contributed by atoms with Crippen LogP contribution in [-0.4, -0.2) is 23.3 Å². The smallest absolute Gasteiger partial charge is 0.338 e. The minimum Gasteiger partial charge on any atom is -0.457 e. The number of esters is 1. The Kier molecular flexibility index (Phi) is 4.71. The molecule has 3 aromatic rings. The van der Waals surface area contributed by atoms with Gasteiger partial charge in [0, 0.05) is 29.8 Å². The van der Waals surface area contributed by atoms with E-state index in [0.29, 0.717) is 18.5 Å². The second kappa shape index (κ2) is 7.30. The molecule has 1 fully saturated rings. The van der Waals surface area contributed by atoms with Crippen LogP contribution >= 0.6 is 11.3 Å². The molecule has 2 aromatic carbocycles. The lowest BCUT2D eigenvalue weighted by Gasteiger charge is -2.15. The zero-order valence-electron chi connectivity index (χ0n) is 14.3. The summed E-state index contributed by atoms with van der Waals surface area (Å²) in [6.45, 7) is 1.60. The van der Waals surface area contributed by atoms with E-state index in [1.54, 1.807) is 17.4 Å². The summed E-state index contributed by atoms with van der Waals surface area (Å²) >= 11 is 1.65. The van der Waals surface area contributed by atoms with Crippen molar-refractivity contribution in [3.63, 3.8) is 0 Å². The molecular formula is C21H19NO3S. The quantitative estimate of drug-likeness (QED) is 0.630. The number of rotatable bonds is 5. The predicted octanol–water partition coefficient (Wildman–Crippen LogP) is 4.38. The molecule has 0 aliphatic carbocycles.